The largest absolute Gasteiger partial charge is 0.385 e. The molecule has 2 N–H and O–H groups in total. The molecule has 1 amide bonds. The van der Waals surface area contributed by atoms with Gasteiger partial charge in [0, 0.05) is 34.3 Å². The van der Waals surface area contributed by atoms with Gasteiger partial charge in [0.05, 0.1) is 5.69 Å². The number of rotatable bonds is 7. The number of carbonyl (C=O) groups excluding carboxylic acids is 2. The maximum absolute atomic E-state index is 12.6. The Morgan fingerprint density at radius 1 is 1.11 bits per heavy atom. The van der Waals surface area contributed by atoms with Crippen molar-refractivity contribution in [1.82, 2.24) is 4.90 Å². The average Bonchev–Trinajstić information content (AvgIpc) is 3.04. The van der Waals surface area contributed by atoms with Crippen molar-refractivity contribution in [2.24, 2.45) is 0 Å². The molecule has 1 aliphatic carbocycles. The summed E-state index contributed by atoms with van der Waals surface area (Å²) < 4.78 is 0.922. The quantitative estimate of drug-likeness (QED) is 0.647. The van der Waals surface area contributed by atoms with Crippen LogP contribution in [0.5, 0.6) is 0 Å². The number of hydrogen-bond acceptors (Lipinski definition) is 4. The van der Waals surface area contributed by atoms with Crippen LogP contribution in [0.2, 0.25) is 0 Å². The average molecular weight is 430 g/mol. The minimum atomic E-state index is -0.210. The Morgan fingerprint density at radius 3 is 2.56 bits per heavy atom. The summed E-state index contributed by atoms with van der Waals surface area (Å²) in [5.74, 6) is -0.128. The van der Waals surface area contributed by atoms with Gasteiger partial charge in [-0.1, -0.05) is 15.9 Å². The molecule has 0 atom stereocenters. The van der Waals surface area contributed by atoms with Crippen molar-refractivity contribution in [3.8, 4) is 0 Å². The molecule has 0 unspecified atom stereocenters. The van der Waals surface area contributed by atoms with Gasteiger partial charge >= 0.3 is 0 Å². The predicted molar refractivity (Wildman–Crippen MR) is 113 cm³/mol. The van der Waals surface area contributed by atoms with Crippen molar-refractivity contribution in [3.63, 3.8) is 0 Å². The smallest absolute Gasteiger partial charge is 0.255 e. The van der Waals surface area contributed by atoms with Crippen molar-refractivity contribution in [2.75, 3.05) is 37.8 Å². The molecule has 0 fully saturated rings. The zero-order valence-electron chi connectivity index (χ0n) is 15.6. The topological polar surface area (TPSA) is 61.4 Å². The molecule has 0 saturated heterocycles. The summed E-state index contributed by atoms with van der Waals surface area (Å²) in [6.45, 7) is 1.92. The molecule has 2 aromatic rings. The Morgan fingerprint density at radius 2 is 1.85 bits per heavy atom. The molecule has 0 radical (unpaired) electrons. The molecule has 5 nitrogen and oxygen atoms in total. The van der Waals surface area contributed by atoms with Gasteiger partial charge in [-0.2, -0.15) is 0 Å². The summed E-state index contributed by atoms with van der Waals surface area (Å²) in [5.41, 5.74) is 3.76. The Balaban J connectivity index is 1.64. The minimum Gasteiger partial charge on any atom is -0.385 e. The number of Topliss-reactive ketones (excluding diaryl/α,β-unsaturated/α-hetero) is 1. The number of amides is 1. The zero-order chi connectivity index (χ0) is 19.4. The third kappa shape index (κ3) is 4.76. The fourth-order valence-corrected chi connectivity index (χ4v) is 3.74. The van der Waals surface area contributed by atoms with E-state index >= 15 is 0 Å². The lowest BCUT2D eigenvalue weighted by atomic mass is 10.1. The predicted octanol–water partition coefficient (Wildman–Crippen LogP) is 4.19. The van der Waals surface area contributed by atoms with E-state index in [2.05, 4.69) is 45.6 Å². The molecular formula is C21H24BrN3O2. The van der Waals surface area contributed by atoms with Gasteiger partial charge in [0.1, 0.15) is 0 Å². The number of nitrogens with zero attached hydrogens (tertiary/aromatic N) is 1. The Hall–Kier alpha value is -2.18. The van der Waals surface area contributed by atoms with Crippen molar-refractivity contribution >= 4 is 39.0 Å². The van der Waals surface area contributed by atoms with E-state index < -0.39 is 0 Å². The van der Waals surface area contributed by atoms with E-state index in [9.17, 15) is 9.59 Å². The monoisotopic (exact) mass is 429 g/mol. The fraction of sp³-hybridized carbons (Fsp3) is 0.333. The number of hydrogen-bond donors (Lipinski definition) is 2. The van der Waals surface area contributed by atoms with Gasteiger partial charge in [-0.15, -0.1) is 0 Å². The lowest BCUT2D eigenvalue weighted by molar-refractivity contribution is 0.0995. The summed E-state index contributed by atoms with van der Waals surface area (Å²) in [6.07, 6.45) is 2.26. The van der Waals surface area contributed by atoms with Crippen molar-refractivity contribution in [1.29, 1.82) is 0 Å². The Labute approximate surface area is 168 Å². The van der Waals surface area contributed by atoms with Gasteiger partial charge in [0.2, 0.25) is 0 Å². The van der Waals surface area contributed by atoms with Crippen LogP contribution in [-0.2, 0) is 6.42 Å². The number of benzene rings is 2. The standard InChI is InChI=1S/C21H24BrN3O2/c1-25(2)13-3-12-23-15-6-4-14(5-7-15)21(27)24-18-10-9-17(22)16-8-11-19(26)20(16)18/h4-7,9-10,23H,3,8,11-13H2,1-2H3,(H,24,27). The molecule has 0 saturated carbocycles. The second-order valence-electron chi connectivity index (χ2n) is 6.99. The highest BCUT2D eigenvalue weighted by Gasteiger charge is 2.25. The van der Waals surface area contributed by atoms with Crippen LogP contribution in [0.25, 0.3) is 0 Å². The molecule has 142 valence electrons. The van der Waals surface area contributed by atoms with Crippen LogP contribution in [0, 0.1) is 0 Å². The first kappa shape index (κ1) is 19.6. The van der Waals surface area contributed by atoms with E-state index in [0.717, 1.165) is 35.2 Å². The number of halogens is 1. The molecule has 2 aromatic carbocycles. The first-order valence-corrected chi connectivity index (χ1v) is 9.89. The molecule has 1 aliphatic rings. The number of carbonyl (C=O) groups is 2. The maximum atomic E-state index is 12.6. The normalized spacial score (nSPS) is 13.0. The SMILES string of the molecule is CN(C)CCCNc1ccc(C(=O)Nc2ccc(Br)c3c2C(=O)CC3)cc1. The summed E-state index contributed by atoms with van der Waals surface area (Å²) in [5, 5.41) is 6.25. The van der Waals surface area contributed by atoms with Crippen LogP contribution >= 0.6 is 15.9 Å². The van der Waals surface area contributed by atoms with Crippen LogP contribution < -0.4 is 10.6 Å². The fourth-order valence-electron chi connectivity index (χ4n) is 3.21. The summed E-state index contributed by atoms with van der Waals surface area (Å²) >= 11 is 3.49. The maximum Gasteiger partial charge on any atom is 0.255 e. The van der Waals surface area contributed by atoms with Crippen LogP contribution in [0.1, 0.15) is 39.1 Å². The van der Waals surface area contributed by atoms with E-state index in [4.69, 9.17) is 0 Å². The molecule has 3 rings (SSSR count). The molecule has 0 aliphatic heterocycles. The lowest BCUT2D eigenvalue weighted by Crippen LogP contribution is -2.16. The third-order valence-electron chi connectivity index (χ3n) is 4.64. The van der Waals surface area contributed by atoms with Crippen molar-refractivity contribution in [3.05, 3.63) is 57.6 Å². The van der Waals surface area contributed by atoms with Gasteiger partial charge < -0.3 is 15.5 Å². The number of fused-ring (bicyclic) bond motifs is 1. The summed E-state index contributed by atoms with van der Waals surface area (Å²) in [4.78, 5) is 26.9. The van der Waals surface area contributed by atoms with Crippen LogP contribution in [0.3, 0.4) is 0 Å². The van der Waals surface area contributed by atoms with E-state index in [0.29, 0.717) is 29.7 Å². The first-order valence-electron chi connectivity index (χ1n) is 9.10. The molecule has 6 heteroatoms. The second kappa shape index (κ2) is 8.67. The number of anilines is 2. The van der Waals surface area contributed by atoms with Crippen molar-refractivity contribution in [2.45, 2.75) is 19.3 Å². The van der Waals surface area contributed by atoms with Gasteiger partial charge in [0.25, 0.3) is 5.91 Å². The van der Waals surface area contributed by atoms with Crippen LogP contribution in [0.15, 0.2) is 40.9 Å². The van der Waals surface area contributed by atoms with E-state index in [1.54, 1.807) is 18.2 Å². The molecule has 0 heterocycles. The molecular weight excluding hydrogens is 406 g/mol. The summed E-state index contributed by atoms with van der Waals surface area (Å²) in [7, 11) is 4.11. The highest BCUT2D eigenvalue weighted by Crippen LogP contribution is 2.34. The number of nitrogens with one attached hydrogen (secondary N) is 2. The Kier molecular flexibility index (Phi) is 6.29. The zero-order valence-corrected chi connectivity index (χ0v) is 17.2. The molecule has 0 bridgehead atoms. The number of ketones is 1. The van der Waals surface area contributed by atoms with E-state index in [1.807, 2.05) is 18.2 Å². The Bertz CT molecular complexity index is 847. The van der Waals surface area contributed by atoms with Gasteiger partial charge in [0.15, 0.2) is 5.78 Å². The molecule has 27 heavy (non-hydrogen) atoms. The molecule has 0 spiro atoms. The van der Waals surface area contributed by atoms with E-state index in [1.165, 1.54) is 0 Å². The highest BCUT2D eigenvalue weighted by molar-refractivity contribution is 9.10. The highest BCUT2D eigenvalue weighted by atomic mass is 79.9. The van der Waals surface area contributed by atoms with Gasteiger partial charge in [-0.05, 0) is 75.4 Å². The summed E-state index contributed by atoms with van der Waals surface area (Å²) in [6, 6.07) is 11.1. The first-order chi connectivity index (χ1) is 13.0. The lowest BCUT2D eigenvalue weighted by Gasteiger charge is -2.12. The van der Waals surface area contributed by atoms with Gasteiger partial charge in [-0.3, -0.25) is 9.59 Å². The van der Waals surface area contributed by atoms with Crippen LogP contribution in [-0.4, -0.2) is 43.8 Å². The molecule has 0 aromatic heterocycles. The van der Waals surface area contributed by atoms with Gasteiger partial charge in [-0.25, -0.2) is 0 Å². The van der Waals surface area contributed by atoms with Crippen LogP contribution in [0.4, 0.5) is 11.4 Å². The van der Waals surface area contributed by atoms with E-state index in [-0.39, 0.29) is 11.7 Å². The minimum absolute atomic E-state index is 0.0823. The van der Waals surface area contributed by atoms with Crippen molar-refractivity contribution < 1.29 is 9.59 Å². The second-order valence-corrected chi connectivity index (χ2v) is 7.84. The third-order valence-corrected chi connectivity index (χ3v) is 5.39.